The normalized spacial score (nSPS) is 16.6. The first-order valence-corrected chi connectivity index (χ1v) is 11.8. The molecule has 1 fully saturated rings. The number of hydrogen-bond donors (Lipinski definition) is 3. The van der Waals surface area contributed by atoms with Crippen LogP contribution in [0.5, 0.6) is 0 Å². The molecule has 6 rings (SSSR count). The van der Waals surface area contributed by atoms with E-state index in [9.17, 15) is 4.79 Å². The summed E-state index contributed by atoms with van der Waals surface area (Å²) >= 11 is 12.5. The summed E-state index contributed by atoms with van der Waals surface area (Å²) in [6, 6.07) is 11.3. The average molecular weight is 494 g/mol. The lowest BCUT2D eigenvalue weighted by Gasteiger charge is -2.35. The third-order valence-electron chi connectivity index (χ3n) is 6.89. The van der Waals surface area contributed by atoms with Gasteiger partial charge in [-0.05, 0) is 61.7 Å². The van der Waals surface area contributed by atoms with Gasteiger partial charge in [-0.25, -0.2) is 14.3 Å². The summed E-state index contributed by atoms with van der Waals surface area (Å²) in [5.41, 5.74) is 3.70. The maximum absolute atomic E-state index is 12.9. The molecule has 0 amide bonds. The lowest BCUT2D eigenvalue weighted by atomic mass is 9.90. The molecule has 1 spiro atoms. The Morgan fingerprint density at radius 2 is 1.94 bits per heavy atom. The van der Waals surface area contributed by atoms with E-state index in [0.717, 1.165) is 23.2 Å². The van der Waals surface area contributed by atoms with Gasteiger partial charge in [-0.15, -0.1) is 0 Å². The fourth-order valence-corrected chi connectivity index (χ4v) is 5.51. The van der Waals surface area contributed by atoms with Crippen LogP contribution in [-0.4, -0.2) is 38.0 Å². The Kier molecular flexibility index (Phi) is 4.81. The Morgan fingerprint density at radius 3 is 2.68 bits per heavy atom. The fraction of sp³-hybridized carbons (Fsp3) is 0.250. The molecule has 4 aromatic rings. The predicted octanol–water partition coefficient (Wildman–Crippen LogP) is 4.12. The van der Waals surface area contributed by atoms with E-state index in [0.29, 0.717) is 11.3 Å². The molecular formula is C24H21Cl2N7O. The summed E-state index contributed by atoms with van der Waals surface area (Å²) in [5, 5.41) is 12.7. The number of rotatable bonds is 3. The Hall–Kier alpha value is -3.20. The van der Waals surface area contributed by atoms with Crippen molar-refractivity contribution in [1.82, 2.24) is 24.4 Å². The summed E-state index contributed by atoms with van der Waals surface area (Å²) < 4.78 is 1.12. The van der Waals surface area contributed by atoms with Gasteiger partial charge in [0.05, 0.1) is 21.1 Å². The molecule has 3 heterocycles. The molecule has 2 aromatic heterocycles. The number of likely N-dealkylation sites (N-methyl/N-ethyl adjacent to an activating group) is 1. The number of aromatic amines is 1. The van der Waals surface area contributed by atoms with Crippen molar-refractivity contribution in [2.45, 2.75) is 24.8 Å². The summed E-state index contributed by atoms with van der Waals surface area (Å²) in [5.74, 6) is 0.338. The van der Waals surface area contributed by atoms with Gasteiger partial charge >= 0.3 is 5.69 Å². The van der Waals surface area contributed by atoms with Crippen molar-refractivity contribution in [3.63, 3.8) is 0 Å². The molecule has 0 atom stereocenters. The number of H-pyrrole nitrogens is 1. The van der Waals surface area contributed by atoms with E-state index in [4.69, 9.17) is 28.6 Å². The number of aromatic nitrogens is 4. The molecule has 0 saturated heterocycles. The molecule has 0 unspecified atom stereocenters. The van der Waals surface area contributed by atoms with Gasteiger partial charge in [-0.2, -0.15) is 4.98 Å². The van der Waals surface area contributed by atoms with Gasteiger partial charge in [0.25, 0.3) is 0 Å². The third kappa shape index (κ3) is 3.25. The smallest absolute Gasteiger partial charge is 0.324 e. The fourth-order valence-electron chi connectivity index (χ4n) is 4.94. The van der Waals surface area contributed by atoms with Crippen LogP contribution >= 0.6 is 23.2 Å². The number of anilines is 2. The van der Waals surface area contributed by atoms with Crippen LogP contribution in [0.15, 0.2) is 47.4 Å². The van der Waals surface area contributed by atoms with Gasteiger partial charge in [-0.3, -0.25) is 15.3 Å². The van der Waals surface area contributed by atoms with Crippen LogP contribution in [0.25, 0.3) is 16.7 Å². The maximum atomic E-state index is 12.9. The minimum atomic E-state index is -0.565. The van der Waals surface area contributed by atoms with Crippen molar-refractivity contribution < 1.29 is 0 Å². The van der Waals surface area contributed by atoms with Crippen LogP contribution in [0.1, 0.15) is 24.0 Å². The second-order valence-electron chi connectivity index (χ2n) is 8.84. The molecule has 2 aromatic carbocycles. The summed E-state index contributed by atoms with van der Waals surface area (Å²) in [4.78, 5) is 26.9. The van der Waals surface area contributed by atoms with Gasteiger partial charge in [-0.1, -0.05) is 35.3 Å². The molecule has 10 heteroatoms. The second kappa shape index (κ2) is 7.66. The predicted molar refractivity (Wildman–Crippen MR) is 132 cm³/mol. The van der Waals surface area contributed by atoms with Gasteiger partial charge in [0, 0.05) is 24.0 Å². The largest absolute Gasteiger partial charge is 0.333 e. The third-order valence-corrected chi connectivity index (χ3v) is 7.50. The molecule has 1 saturated carbocycles. The van der Waals surface area contributed by atoms with E-state index >= 15 is 0 Å². The molecular weight excluding hydrogens is 473 g/mol. The average Bonchev–Trinajstić information content (AvgIpc) is 3.60. The van der Waals surface area contributed by atoms with Crippen LogP contribution in [-0.2, 0) is 12.0 Å². The van der Waals surface area contributed by atoms with Crippen molar-refractivity contribution in [2.75, 3.05) is 18.9 Å². The highest BCUT2D eigenvalue weighted by molar-refractivity contribution is 6.37. The lowest BCUT2D eigenvalue weighted by Crippen LogP contribution is -2.38. The number of fused-ring (bicyclic) bond motifs is 3. The lowest BCUT2D eigenvalue weighted by molar-refractivity contribution is 0.208. The van der Waals surface area contributed by atoms with E-state index in [1.54, 1.807) is 18.2 Å². The first-order chi connectivity index (χ1) is 16.4. The molecule has 3 N–H and O–H groups in total. The monoisotopic (exact) mass is 493 g/mol. The van der Waals surface area contributed by atoms with Crippen LogP contribution in [0.4, 0.5) is 11.6 Å². The number of halogens is 2. The van der Waals surface area contributed by atoms with Crippen LogP contribution in [0, 0.1) is 5.41 Å². The molecule has 1 aliphatic heterocycles. The van der Waals surface area contributed by atoms with E-state index in [1.165, 1.54) is 30.2 Å². The van der Waals surface area contributed by atoms with E-state index < -0.39 is 5.69 Å². The highest BCUT2D eigenvalue weighted by Crippen LogP contribution is 2.53. The highest BCUT2D eigenvalue weighted by atomic mass is 35.5. The molecule has 2 aliphatic rings. The van der Waals surface area contributed by atoms with E-state index in [-0.39, 0.29) is 32.4 Å². The SMILES string of the molecule is CN1CCc2cc(Nc3ncc4c(=N)n(-c5c(Cl)cccc5Cl)c(=O)[nH]c4n3)ccc2C12CC2. The van der Waals surface area contributed by atoms with Crippen molar-refractivity contribution >= 4 is 45.9 Å². The van der Waals surface area contributed by atoms with Crippen molar-refractivity contribution in [3.8, 4) is 5.69 Å². The number of nitrogens with zero attached hydrogens (tertiary/aromatic N) is 4. The Morgan fingerprint density at radius 1 is 1.18 bits per heavy atom. The van der Waals surface area contributed by atoms with Gasteiger partial charge in [0.2, 0.25) is 5.95 Å². The zero-order valence-corrected chi connectivity index (χ0v) is 19.8. The number of nitrogens with one attached hydrogen (secondary N) is 3. The molecule has 0 radical (unpaired) electrons. The molecule has 172 valence electrons. The number of benzene rings is 2. The molecule has 0 bridgehead atoms. The van der Waals surface area contributed by atoms with Crippen LogP contribution in [0.3, 0.4) is 0 Å². The molecule has 8 nitrogen and oxygen atoms in total. The Bertz CT molecular complexity index is 1570. The molecule has 34 heavy (non-hydrogen) atoms. The second-order valence-corrected chi connectivity index (χ2v) is 9.65. The maximum Gasteiger partial charge on any atom is 0.333 e. The van der Waals surface area contributed by atoms with Crippen LogP contribution < -0.4 is 16.5 Å². The Labute approximate surface area is 204 Å². The van der Waals surface area contributed by atoms with Crippen LogP contribution in [0.2, 0.25) is 10.0 Å². The van der Waals surface area contributed by atoms with E-state index in [2.05, 4.69) is 44.3 Å². The number of hydrogen-bond acceptors (Lipinski definition) is 6. The summed E-state index contributed by atoms with van der Waals surface area (Å²) in [6.07, 6.45) is 4.93. The standard InChI is InChI=1S/C24H21Cl2N7O/c1-32-10-7-13-11-14(5-6-16(13)24(32)8-9-24)29-22-28-12-15-20(27)33(23(34)31-21(15)30-22)19-17(25)3-2-4-18(19)26/h2-6,11-12,27H,7-10H2,1H3,(H2,28,29,30,31,34). The minimum Gasteiger partial charge on any atom is -0.324 e. The zero-order valence-electron chi connectivity index (χ0n) is 18.3. The first kappa shape index (κ1) is 21.3. The minimum absolute atomic E-state index is 0.104. The highest BCUT2D eigenvalue weighted by Gasteiger charge is 2.50. The molecule has 1 aliphatic carbocycles. The van der Waals surface area contributed by atoms with Crippen molar-refractivity contribution in [1.29, 1.82) is 5.41 Å². The van der Waals surface area contributed by atoms with Gasteiger partial charge < -0.3 is 5.32 Å². The zero-order chi connectivity index (χ0) is 23.6. The van der Waals surface area contributed by atoms with E-state index in [1.807, 2.05) is 6.07 Å². The summed E-state index contributed by atoms with van der Waals surface area (Å²) in [6.45, 7) is 1.05. The topological polar surface area (TPSA) is 103 Å². The van der Waals surface area contributed by atoms with Crippen molar-refractivity contribution in [3.05, 3.63) is 79.7 Å². The first-order valence-electron chi connectivity index (χ1n) is 11.0. The number of para-hydroxylation sites is 1. The quantitative estimate of drug-likeness (QED) is 0.398. The van der Waals surface area contributed by atoms with Gasteiger partial charge in [0.15, 0.2) is 5.65 Å². The Balaban J connectivity index is 1.37. The van der Waals surface area contributed by atoms with Crippen molar-refractivity contribution in [2.24, 2.45) is 0 Å². The summed E-state index contributed by atoms with van der Waals surface area (Å²) in [7, 11) is 2.20. The van der Waals surface area contributed by atoms with Gasteiger partial charge in [0.1, 0.15) is 5.49 Å².